The molecule has 2 heteroatoms. The van der Waals surface area contributed by atoms with Gasteiger partial charge < -0.3 is 0 Å². The fraction of sp³-hybridized carbons (Fsp3) is 0.143. The Labute approximate surface area is 56.5 Å². The quantitative estimate of drug-likeness (QED) is 0.522. The van der Waals surface area contributed by atoms with Crippen LogP contribution in [0.5, 0.6) is 0 Å². The van der Waals surface area contributed by atoms with E-state index in [1.54, 1.807) is 0 Å². The van der Waals surface area contributed by atoms with Gasteiger partial charge in [0.2, 0.25) is 0 Å². The Kier molecular flexibility index (Phi) is 2.45. The highest BCUT2D eigenvalue weighted by Crippen LogP contribution is 1.80. The molecule has 0 nitrogen and oxygen atoms in total. The summed E-state index contributed by atoms with van der Waals surface area (Å²) in [5.74, 6) is 0. The summed E-state index contributed by atoms with van der Waals surface area (Å²) in [7, 11) is -0.568. The largest absolute Gasteiger partial charge is 0.255 e. The van der Waals surface area contributed by atoms with Crippen LogP contribution >= 0.6 is 0 Å². The molecule has 1 rings (SSSR count). The van der Waals surface area contributed by atoms with Crippen molar-refractivity contribution in [3.63, 3.8) is 0 Å². The second-order valence-electron chi connectivity index (χ2n) is 1.92. The molecule has 0 amide bonds. The Morgan fingerprint density at radius 1 is 1.22 bits per heavy atom. The lowest BCUT2D eigenvalue weighted by molar-refractivity contribution is 0.595. The molecule has 0 bridgehead atoms. The Balaban J connectivity index is 2.61. The number of rotatable bonds is 2. The molecular formula is C7H9FSi. The number of benzene rings is 1. The van der Waals surface area contributed by atoms with Gasteiger partial charge in [-0.3, -0.25) is 4.39 Å². The Morgan fingerprint density at radius 2 is 1.89 bits per heavy atom. The Morgan fingerprint density at radius 3 is 2.44 bits per heavy atom. The molecule has 0 fully saturated rings. The maximum atomic E-state index is 11.7. The van der Waals surface area contributed by atoms with E-state index in [0.29, 0.717) is 0 Å². The van der Waals surface area contributed by atoms with Crippen LogP contribution < -0.4 is 5.19 Å². The van der Waals surface area contributed by atoms with Crippen molar-refractivity contribution < 1.29 is 4.39 Å². The van der Waals surface area contributed by atoms with Gasteiger partial charge in [0.05, 0.1) is 15.8 Å². The summed E-state index contributed by atoms with van der Waals surface area (Å²) in [5, 5.41) is 1.21. The summed E-state index contributed by atoms with van der Waals surface area (Å²) in [6.45, 7) is 0. The van der Waals surface area contributed by atoms with E-state index in [0.717, 1.165) is 0 Å². The van der Waals surface area contributed by atoms with Crippen molar-refractivity contribution in [3.8, 4) is 0 Å². The molecule has 0 atom stereocenters. The topological polar surface area (TPSA) is 0 Å². The number of hydrogen-bond acceptors (Lipinski definition) is 0. The van der Waals surface area contributed by atoms with Crippen molar-refractivity contribution in [3.05, 3.63) is 30.3 Å². The van der Waals surface area contributed by atoms with E-state index < -0.39 is 9.52 Å². The van der Waals surface area contributed by atoms with Gasteiger partial charge in [-0.25, -0.2) is 0 Å². The molecule has 0 heterocycles. The maximum Gasteiger partial charge on any atom is 0.0915 e. The third-order valence-electron chi connectivity index (χ3n) is 1.23. The second-order valence-corrected chi connectivity index (χ2v) is 3.62. The van der Waals surface area contributed by atoms with Gasteiger partial charge >= 0.3 is 0 Å². The van der Waals surface area contributed by atoms with Gasteiger partial charge in [0.25, 0.3) is 0 Å². The van der Waals surface area contributed by atoms with Crippen molar-refractivity contribution in [2.24, 2.45) is 0 Å². The normalized spacial score (nSPS) is 10.8. The van der Waals surface area contributed by atoms with Crippen LogP contribution in [-0.2, 0) is 0 Å². The fourth-order valence-corrected chi connectivity index (χ4v) is 1.58. The van der Waals surface area contributed by atoms with Gasteiger partial charge in [0.1, 0.15) is 0 Å². The first-order valence-electron chi connectivity index (χ1n) is 3.03. The zero-order valence-corrected chi connectivity index (χ0v) is 6.59. The first-order valence-corrected chi connectivity index (χ1v) is 4.74. The Bertz CT molecular complexity index is 162. The molecular weight excluding hydrogens is 131 g/mol. The fourth-order valence-electron chi connectivity index (χ4n) is 0.754. The minimum Gasteiger partial charge on any atom is -0.255 e. The van der Waals surface area contributed by atoms with Crippen LogP contribution in [0.1, 0.15) is 0 Å². The summed E-state index contributed by atoms with van der Waals surface area (Å²) in [4.78, 5) is 0. The highest BCUT2D eigenvalue weighted by molar-refractivity contribution is 6.53. The molecule has 0 radical (unpaired) electrons. The third kappa shape index (κ3) is 1.97. The molecule has 0 aliphatic rings. The summed E-state index contributed by atoms with van der Waals surface area (Å²) >= 11 is 0. The maximum absolute atomic E-state index is 11.7. The molecule has 0 aromatic heterocycles. The van der Waals surface area contributed by atoms with Crippen molar-refractivity contribution in [2.75, 3.05) is 6.30 Å². The van der Waals surface area contributed by atoms with Crippen LogP contribution in [0.2, 0.25) is 0 Å². The van der Waals surface area contributed by atoms with E-state index in [9.17, 15) is 4.39 Å². The first-order chi connectivity index (χ1) is 4.43. The number of hydrogen-bond donors (Lipinski definition) is 0. The molecule has 0 aliphatic carbocycles. The van der Waals surface area contributed by atoms with Crippen molar-refractivity contribution >= 4 is 14.7 Å². The molecule has 1 aromatic rings. The predicted octanol–water partition coefficient (Wildman–Crippen LogP) is 0.408. The van der Waals surface area contributed by atoms with E-state index in [1.807, 2.05) is 30.3 Å². The Hall–Kier alpha value is -0.633. The molecule has 1 aromatic carbocycles. The van der Waals surface area contributed by atoms with Gasteiger partial charge in [-0.15, -0.1) is 0 Å². The van der Waals surface area contributed by atoms with Gasteiger partial charge in [0, 0.05) is 0 Å². The van der Waals surface area contributed by atoms with Crippen LogP contribution in [0.4, 0.5) is 4.39 Å². The van der Waals surface area contributed by atoms with Crippen LogP contribution in [0.15, 0.2) is 30.3 Å². The van der Waals surface area contributed by atoms with Crippen LogP contribution in [0.3, 0.4) is 0 Å². The molecule has 0 saturated heterocycles. The minimum absolute atomic E-state index is 0.121. The summed E-state index contributed by atoms with van der Waals surface area (Å²) in [6.07, 6.45) is -0.121. The average molecular weight is 140 g/mol. The highest BCUT2D eigenvalue weighted by atomic mass is 28.2. The molecule has 0 N–H and O–H groups in total. The van der Waals surface area contributed by atoms with E-state index in [2.05, 4.69) is 0 Å². The third-order valence-corrected chi connectivity index (χ3v) is 2.46. The van der Waals surface area contributed by atoms with Gasteiger partial charge in [-0.2, -0.15) is 0 Å². The van der Waals surface area contributed by atoms with Crippen LogP contribution in [0.25, 0.3) is 0 Å². The SMILES string of the molecule is FC[SiH2]c1ccccc1. The smallest absolute Gasteiger partial charge is 0.0915 e. The molecule has 0 unspecified atom stereocenters. The van der Waals surface area contributed by atoms with Crippen molar-refractivity contribution in [1.29, 1.82) is 0 Å². The summed E-state index contributed by atoms with van der Waals surface area (Å²) < 4.78 is 11.7. The molecule has 0 saturated carbocycles. The monoisotopic (exact) mass is 140 g/mol. The van der Waals surface area contributed by atoms with Gasteiger partial charge in [-0.1, -0.05) is 35.5 Å². The van der Waals surface area contributed by atoms with E-state index in [1.165, 1.54) is 5.19 Å². The lowest BCUT2D eigenvalue weighted by Gasteiger charge is -1.91. The lowest BCUT2D eigenvalue weighted by Crippen LogP contribution is -2.14. The number of halogens is 1. The zero-order chi connectivity index (χ0) is 6.53. The lowest BCUT2D eigenvalue weighted by atomic mass is 10.4. The van der Waals surface area contributed by atoms with E-state index in [-0.39, 0.29) is 6.30 Å². The van der Waals surface area contributed by atoms with E-state index >= 15 is 0 Å². The number of alkyl halides is 1. The zero-order valence-electron chi connectivity index (χ0n) is 5.18. The first kappa shape index (κ1) is 6.49. The van der Waals surface area contributed by atoms with Crippen LogP contribution in [-0.4, -0.2) is 15.8 Å². The molecule has 9 heavy (non-hydrogen) atoms. The molecule has 0 spiro atoms. The van der Waals surface area contributed by atoms with Gasteiger partial charge in [-0.05, 0) is 0 Å². The average Bonchev–Trinajstić information content (AvgIpc) is 1.91. The second kappa shape index (κ2) is 3.40. The minimum atomic E-state index is -0.568. The molecule has 48 valence electrons. The summed E-state index contributed by atoms with van der Waals surface area (Å²) in [6, 6.07) is 9.85. The summed E-state index contributed by atoms with van der Waals surface area (Å²) in [5.41, 5.74) is 0. The molecule has 0 aliphatic heterocycles. The van der Waals surface area contributed by atoms with Crippen molar-refractivity contribution in [2.45, 2.75) is 0 Å². The predicted molar refractivity (Wildman–Crippen MR) is 40.6 cm³/mol. The standard InChI is InChI=1S/C7H9FSi/c8-6-9-7-4-2-1-3-5-7/h1-5H,6,9H2. The highest BCUT2D eigenvalue weighted by Gasteiger charge is 1.87. The van der Waals surface area contributed by atoms with Crippen molar-refractivity contribution in [1.82, 2.24) is 0 Å². The van der Waals surface area contributed by atoms with E-state index in [4.69, 9.17) is 0 Å². The van der Waals surface area contributed by atoms with Gasteiger partial charge in [0.15, 0.2) is 0 Å². The van der Waals surface area contributed by atoms with Crippen LogP contribution in [0, 0.1) is 0 Å².